The van der Waals surface area contributed by atoms with E-state index in [2.05, 4.69) is 15.3 Å². The largest absolute Gasteiger partial charge is 0.355 e. The third-order valence-electron chi connectivity index (χ3n) is 6.36. The van der Waals surface area contributed by atoms with E-state index in [9.17, 15) is 14.4 Å². The van der Waals surface area contributed by atoms with Crippen molar-refractivity contribution in [3.8, 4) is 0 Å². The van der Waals surface area contributed by atoms with E-state index in [0.29, 0.717) is 37.6 Å². The minimum absolute atomic E-state index is 0.0624. The number of aromatic nitrogens is 2. The highest BCUT2D eigenvalue weighted by molar-refractivity contribution is 6.07. The lowest BCUT2D eigenvalue weighted by Gasteiger charge is -2.34. The number of imide groups is 1. The van der Waals surface area contributed by atoms with Crippen LogP contribution in [0.2, 0.25) is 0 Å². The number of nitrogens with one attached hydrogen (secondary N) is 1. The van der Waals surface area contributed by atoms with Gasteiger partial charge in [0, 0.05) is 33.1 Å². The van der Waals surface area contributed by atoms with Crippen LogP contribution in [-0.4, -0.2) is 64.9 Å². The molecule has 3 heterocycles. The fraction of sp³-hybridized carbons (Fsp3) is 0.476. The Labute approximate surface area is 174 Å². The van der Waals surface area contributed by atoms with Crippen LogP contribution in [0.4, 0.5) is 16.4 Å². The Morgan fingerprint density at radius 3 is 2.43 bits per heavy atom. The summed E-state index contributed by atoms with van der Waals surface area (Å²) in [5.41, 5.74) is 0.755. The quantitative estimate of drug-likeness (QED) is 0.776. The normalized spacial score (nSPS) is 20.2. The van der Waals surface area contributed by atoms with Crippen molar-refractivity contribution in [3.63, 3.8) is 0 Å². The molecule has 1 aromatic carbocycles. The lowest BCUT2D eigenvalue weighted by molar-refractivity contribution is -0.131. The van der Waals surface area contributed by atoms with Crippen molar-refractivity contribution in [1.29, 1.82) is 0 Å². The molecular weight excluding hydrogens is 384 g/mol. The summed E-state index contributed by atoms with van der Waals surface area (Å²) in [5.74, 6) is 0.828. The number of anilines is 2. The molecule has 2 aromatic rings. The van der Waals surface area contributed by atoms with Crippen LogP contribution in [0.3, 0.4) is 0 Å². The molecule has 0 unspecified atom stereocenters. The van der Waals surface area contributed by atoms with Crippen LogP contribution >= 0.6 is 0 Å². The van der Waals surface area contributed by atoms with Gasteiger partial charge in [0.15, 0.2) is 11.6 Å². The molecule has 1 saturated carbocycles. The second kappa shape index (κ2) is 6.93. The van der Waals surface area contributed by atoms with Crippen molar-refractivity contribution < 1.29 is 14.4 Å². The summed E-state index contributed by atoms with van der Waals surface area (Å²) >= 11 is 0. The lowest BCUT2D eigenvalue weighted by Crippen LogP contribution is -2.46. The van der Waals surface area contributed by atoms with Gasteiger partial charge in [-0.25, -0.2) is 14.8 Å². The molecule has 2 fully saturated rings. The monoisotopic (exact) mass is 408 g/mol. The van der Waals surface area contributed by atoms with Crippen LogP contribution in [0.25, 0.3) is 11.0 Å². The molecule has 0 radical (unpaired) electrons. The zero-order chi connectivity index (χ0) is 20.9. The van der Waals surface area contributed by atoms with Crippen molar-refractivity contribution >= 4 is 40.5 Å². The number of hydrogen-bond donors (Lipinski definition) is 1. The first-order chi connectivity index (χ1) is 14.5. The van der Waals surface area contributed by atoms with Gasteiger partial charge in [-0.3, -0.25) is 19.4 Å². The van der Waals surface area contributed by atoms with E-state index in [0.717, 1.165) is 23.9 Å². The molecular formula is C21H24N6O3. The fourth-order valence-electron chi connectivity index (χ4n) is 4.66. The van der Waals surface area contributed by atoms with Crippen LogP contribution < -0.4 is 15.1 Å². The van der Waals surface area contributed by atoms with Crippen molar-refractivity contribution in [2.24, 2.45) is 0 Å². The number of benzene rings is 1. The first kappa shape index (κ1) is 18.8. The lowest BCUT2D eigenvalue weighted by atomic mass is 9.98. The maximum Gasteiger partial charge on any atom is 0.325 e. The van der Waals surface area contributed by atoms with Crippen LogP contribution in [0.15, 0.2) is 24.3 Å². The molecule has 1 spiro atoms. The molecule has 5 rings (SSSR count). The number of amides is 4. The summed E-state index contributed by atoms with van der Waals surface area (Å²) in [5, 5.41) is 2.86. The zero-order valence-electron chi connectivity index (χ0n) is 16.9. The Balaban J connectivity index is 1.35. The third-order valence-corrected chi connectivity index (χ3v) is 6.36. The van der Waals surface area contributed by atoms with Crippen molar-refractivity contribution in [3.05, 3.63) is 24.3 Å². The number of urea groups is 1. The second-order valence-electron chi connectivity index (χ2n) is 8.25. The van der Waals surface area contributed by atoms with Gasteiger partial charge in [0.25, 0.3) is 5.91 Å². The van der Waals surface area contributed by atoms with Gasteiger partial charge >= 0.3 is 6.03 Å². The molecule has 1 N–H and O–H groups in total. The fourth-order valence-corrected chi connectivity index (χ4v) is 4.66. The summed E-state index contributed by atoms with van der Waals surface area (Å²) in [6, 6.07) is 7.17. The molecule has 9 nitrogen and oxygen atoms in total. The summed E-state index contributed by atoms with van der Waals surface area (Å²) < 4.78 is 0. The van der Waals surface area contributed by atoms with Crippen LogP contribution in [0.5, 0.6) is 0 Å². The van der Waals surface area contributed by atoms with Crippen LogP contribution in [0.1, 0.15) is 32.1 Å². The van der Waals surface area contributed by atoms with Gasteiger partial charge < -0.3 is 10.2 Å². The van der Waals surface area contributed by atoms with Crippen LogP contribution in [-0.2, 0) is 9.59 Å². The van der Waals surface area contributed by atoms with Crippen molar-refractivity contribution in [1.82, 2.24) is 20.2 Å². The van der Waals surface area contributed by atoms with E-state index in [1.54, 1.807) is 4.90 Å². The summed E-state index contributed by atoms with van der Waals surface area (Å²) in [6.07, 6.45) is 3.28. The average molecular weight is 408 g/mol. The highest BCUT2D eigenvalue weighted by Gasteiger charge is 2.52. The zero-order valence-corrected chi connectivity index (χ0v) is 16.9. The van der Waals surface area contributed by atoms with E-state index < -0.39 is 5.54 Å². The SMILES string of the molecule is CN1CCN(C(=O)CCN2C(=O)NC3(CCCC3)C2=O)c2nc3ccccc3nc21. The molecule has 0 bridgehead atoms. The van der Waals surface area contributed by atoms with Crippen molar-refractivity contribution in [2.45, 2.75) is 37.6 Å². The predicted octanol–water partition coefficient (Wildman–Crippen LogP) is 1.67. The molecule has 2 aliphatic heterocycles. The van der Waals surface area contributed by atoms with Gasteiger partial charge in [-0.1, -0.05) is 25.0 Å². The molecule has 30 heavy (non-hydrogen) atoms. The van der Waals surface area contributed by atoms with Gasteiger partial charge in [0.2, 0.25) is 5.91 Å². The van der Waals surface area contributed by atoms with Gasteiger partial charge in [-0.2, -0.15) is 0 Å². The number of carbonyl (C=O) groups excluding carboxylic acids is 3. The Morgan fingerprint density at radius 1 is 1.07 bits per heavy atom. The molecule has 4 amide bonds. The number of nitrogens with zero attached hydrogens (tertiary/aromatic N) is 5. The number of hydrogen-bond acceptors (Lipinski definition) is 6. The average Bonchev–Trinajstić information content (AvgIpc) is 3.30. The van der Waals surface area contributed by atoms with E-state index >= 15 is 0 Å². The molecule has 1 aromatic heterocycles. The molecule has 0 atom stereocenters. The van der Waals surface area contributed by atoms with E-state index in [1.807, 2.05) is 36.2 Å². The molecule has 1 saturated heterocycles. The Morgan fingerprint density at radius 2 is 1.73 bits per heavy atom. The second-order valence-corrected chi connectivity index (χ2v) is 8.25. The standard InChI is InChI=1S/C21H24N6O3/c1-25-12-13-26(18-17(25)22-14-6-2-3-7-15(14)23-18)16(28)8-11-27-19(29)21(24-20(27)30)9-4-5-10-21/h2-3,6-7H,4-5,8-13H2,1H3,(H,24,30). The Hall–Kier alpha value is -3.23. The highest BCUT2D eigenvalue weighted by atomic mass is 16.2. The Bertz CT molecular complexity index is 1050. The molecule has 3 aliphatic rings. The van der Waals surface area contributed by atoms with Gasteiger partial charge in [-0.05, 0) is 25.0 Å². The smallest absolute Gasteiger partial charge is 0.325 e. The molecule has 156 valence electrons. The van der Waals surface area contributed by atoms with Gasteiger partial charge in [0.05, 0.1) is 11.0 Å². The van der Waals surface area contributed by atoms with E-state index in [-0.39, 0.29) is 30.8 Å². The minimum atomic E-state index is -0.745. The summed E-state index contributed by atoms with van der Waals surface area (Å²) in [6.45, 7) is 1.20. The predicted molar refractivity (Wildman–Crippen MR) is 111 cm³/mol. The first-order valence-corrected chi connectivity index (χ1v) is 10.4. The summed E-state index contributed by atoms with van der Waals surface area (Å²) in [4.78, 5) is 52.4. The number of rotatable bonds is 3. The van der Waals surface area contributed by atoms with Gasteiger partial charge in [-0.15, -0.1) is 0 Å². The first-order valence-electron chi connectivity index (χ1n) is 10.4. The number of likely N-dealkylation sites (N-methyl/N-ethyl adjacent to an activating group) is 1. The number of para-hydroxylation sites is 2. The molecule has 9 heteroatoms. The van der Waals surface area contributed by atoms with Crippen LogP contribution in [0, 0.1) is 0 Å². The van der Waals surface area contributed by atoms with E-state index in [1.165, 1.54) is 4.90 Å². The maximum atomic E-state index is 13.1. The number of carbonyl (C=O) groups is 3. The van der Waals surface area contributed by atoms with E-state index in [4.69, 9.17) is 0 Å². The highest BCUT2D eigenvalue weighted by Crippen LogP contribution is 2.35. The maximum absolute atomic E-state index is 13.1. The third kappa shape index (κ3) is 2.88. The minimum Gasteiger partial charge on any atom is -0.355 e. The van der Waals surface area contributed by atoms with Crippen molar-refractivity contribution in [2.75, 3.05) is 36.5 Å². The Kier molecular flexibility index (Phi) is 4.34. The number of fused-ring (bicyclic) bond motifs is 2. The summed E-state index contributed by atoms with van der Waals surface area (Å²) in [7, 11) is 1.93. The topological polar surface area (TPSA) is 98.7 Å². The van der Waals surface area contributed by atoms with Gasteiger partial charge in [0.1, 0.15) is 5.54 Å². The molecule has 1 aliphatic carbocycles.